The average molecular weight is 535 g/mol. The van der Waals surface area contributed by atoms with Gasteiger partial charge in [-0.25, -0.2) is 15.0 Å². The molecule has 8 atom stereocenters. The molecule has 4 aromatic rings. The number of hydrogen-bond acceptors (Lipinski definition) is 7. The minimum absolute atomic E-state index is 0.00401. The summed E-state index contributed by atoms with van der Waals surface area (Å²) in [6.07, 6.45) is 1.07. The number of nitrogens with zero attached hydrogens (tertiary/aromatic N) is 4. The summed E-state index contributed by atoms with van der Waals surface area (Å²) in [4.78, 5) is 26.6. The smallest absolute Gasteiger partial charge is 0.225 e. The molecule has 202 valence electrons. The molecule has 2 aromatic heterocycles. The monoisotopic (exact) mass is 534 g/mol. The zero-order valence-electron chi connectivity index (χ0n) is 22.0. The van der Waals surface area contributed by atoms with Crippen LogP contribution in [0.1, 0.15) is 41.8 Å². The second-order valence-corrected chi connectivity index (χ2v) is 11.0. The van der Waals surface area contributed by atoms with E-state index >= 15 is 0 Å². The van der Waals surface area contributed by atoms with E-state index in [9.17, 15) is 15.0 Å². The summed E-state index contributed by atoms with van der Waals surface area (Å²) >= 11 is 0. The molecule has 0 radical (unpaired) electrons. The predicted octanol–water partition coefficient (Wildman–Crippen LogP) is 2.47. The Morgan fingerprint density at radius 3 is 2.45 bits per heavy atom. The molecular formula is C31H30N6O3. The quantitative estimate of drug-likeness (QED) is 0.290. The van der Waals surface area contributed by atoms with E-state index in [1.807, 2.05) is 41.0 Å². The average Bonchev–Trinajstić information content (AvgIpc) is 3.90. The molecule has 3 saturated carbocycles. The van der Waals surface area contributed by atoms with Gasteiger partial charge in [-0.1, -0.05) is 54.5 Å². The number of aliphatic hydroxyl groups excluding tert-OH is 2. The third kappa shape index (κ3) is 4.30. The second-order valence-electron chi connectivity index (χ2n) is 11.0. The first kappa shape index (κ1) is 24.8. The van der Waals surface area contributed by atoms with E-state index in [0.29, 0.717) is 28.7 Å². The summed E-state index contributed by atoms with van der Waals surface area (Å²) in [6.45, 7) is 0. The molecule has 2 heterocycles. The van der Waals surface area contributed by atoms with Gasteiger partial charge in [0.1, 0.15) is 6.10 Å². The van der Waals surface area contributed by atoms with Gasteiger partial charge in [-0.2, -0.15) is 0 Å². The van der Waals surface area contributed by atoms with Gasteiger partial charge >= 0.3 is 0 Å². The van der Waals surface area contributed by atoms with Crippen molar-refractivity contribution >= 4 is 22.9 Å². The molecule has 0 aliphatic heterocycles. The van der Waals surface area contributed by atoms with Crippen molar-refractivity contribution in [3.8, 4) is 11.8 Å². The third-order valence-corrected chi connectivity index (χ3v) is 8.58. The van der Waals surface area contributed by atoms with Gasteiger partial charge in [-0.05, 0) is 48.3 Å². The van der Waals surface area contributed by atoms with Gasteiger partial charge in [0.05, 0.1) is 24.4 Å². The molecule has 4 N–H and O–H groups in total. The summed E-state index contributed by atoms with van der Waals surface area (Å²) in [5.74, 6) is 6.75. The van der Waals surface area contributed by atoms with Crippen LogP contribution in [0.2, 0.25) is 0 Å². The fourth-order valence-electron chi connectivity index (χ4n) is 6.39. The van der Waals surface area contributed by atoms with Crippen LogP contribution in [0.4, 0.5) is 5.82 Å². The van der Waals surface area contributed by atoms with Crippen LogP contribution in [0.15, 0.2) is 67.0 Å². The molecule has 2 aromatic carbocycles. The predicted molar refractivity (Wildman–Crippen MR) is 149 cm³/mol. The number of carbonyl (C=O) groups excluding carboxylic acids is 1. The van der Waals surface area contributed by atoms with Crippen molar-refractivity contribution in [3.05, 3.63) is 83.9 Å². The van der Waals surface area contributed by atoms with Crippen molar-refractivity contribution in [2.75, 3.05) is 12.4 Å². The van der Waals surface area contributed by atoms with E-state index < -0.39 is 24.2 Å². The number of anilines is 1. The molecule has 9 heteroatoms. The molecule has 3 fully saturated rings. The number of aromatic nitrogens is 4. The number of carbonyl (C=O) groups is 1. The lowest BCUT2D eigenvalue weighted by molar-refractivity contribution is -0.139. The highest BCUT2D eigenvalue weighted by Crippen LogP contribution is 2.58. The largest absolute Gasteiger partial charge is 0.390 e. The lowest BCUT2D eigenvalue weighted by atomic mass is 9.80. The van der Waals surface area contributed by atoms with Gasteiger partial charge in [0.25, 0.3) is 0 Å². The molecule has 40 heavy (non-hydrogen) atoms. The van der Waals surface area contributed by atoms with Crippen LogP contribution in [0.5, 0.6) is 0 Å². The highest BCUT2D eigenvalue weighted by molar-refractivity contribution is 5.84. The summed E-state index contributed by atoms with van der Waals surface area (Å²) in [6, 6.07) is 19.8. The lowest BCUT2D eigenvalue weighted by Gasteiger charge is -2.36. The molecule has 3 unspecified atom stereocenters. The molecular weight excluding hydrogens is 504 g/mol. The van der Waals surface area contributed by atoms with E-state index in [1.54, 1.807) is 13.4 Å². The van der Waals surface area contributed by atoms with Crippen LogP contribution in [0.3, 0.4) is 0 Å². The Labute approximate surface area is 231 Å². The van der Waals surface area contributed by atoms with Gasteiger partial charge in [0, 0.05) is 24.6 Å². The van der Waals surface area contributed by atoms with E-state index in [1.165, 1.54) is 5.56 Å². The lowest BCUT2D eigenvalue weighted by Crippen LogP contribution is -2.50. The summed E-state index contributed by atoms with van der Waals surface area (Å²) in [5, 5.41) is 28.4. The Balaban J connectivity index is 1.26. The highest BCUT2D eigenvalue weighted by Gasteiger charge is 2.61. The van der Waals surface area contributed by atoms with Crippen molar-refractivity contribution < 1.29 is 15.0 Å². The fraction of sp³-hybridized carbons (Fsp3) is 0.355. The van der Waals surface area contributed by atoms with E-state index in [-0.39, 0.29) is 23.8 Å². The number of fused-ring (bicyclic) bond motifs is 2. The highest BCUT2D eigenvalue weighted by atomic mass is 16.3. The van der Waals surface area contributed by atoms with Gasteiger partial charge in [0.15, 0.2) is 17.0 Å². The Morgan fingerprint density at radius 1 is 0.950 bits per heavy atom. The maximum Gasteiger partial charge on any atom is 0.225 e. The van der Waals surface area contributed by atoms with Gasteiger partial charge in [-0.15, -0.1) is 0 Å². The van der Waals surface area contributed by atoms with Crippen LogP contribution >= 0.6 is 0 Å². The van der Waals surface area contributed by atoms with Crippen molar-refractivity contribution in [2.24, 2.45) is 17.8 Å². The zero-order chi connectivity index (χ0) is 27.4. The SMILES string of the molecule is CNC(=O)[C@@H]1[C@@H](O)[C@@H](O)[C@H](n2cnc3c(NC4CC4c4ccccc4)nc(C#Cc4ccccc4)nc32)C2C[C@H]21. The molecule has 7 rings (SSSR count). The van der Waals surface area contributed by atoms with Crippen LogP contribution in [-0.2, 0) is 4.79 Å². The van der Waals surface area contributed by atoms with E-state index in [2.05, 4.69) is 51.7 Å². The first-order valence-electron chi connectivity index (χ1n) is 13.7. The second kappa shape index (κ2) is 9.73. The minimum Gasteiger partial charge on any atom is -0.390 e. The normalized spacial score (nSPS) is 30.1. The van der Waals surface area contributed by atoms with Crippen LogP contribution in [0, 0.1) is 29.6 Å². The number of amides is 1. The zero-order valence-corrected chi connectivity index (χ0v) is 22.0. The number of benzene rings is 2. The topological polar surface area (TPSA) is 125 Å². The van der Waals surface area contributed by atoms with Crippen LogP contribution in [0.25, 0.3) is 11.2 Å². The number of hydrogen-bond donors (Lipinski definition) is 4. The fourth-order valence-corrected chi connectivity index (χ4v) is 6.39. The Bertz CT molecular complexity index is 1630. The maximum absolute atomic E-state index is 12.4. The summed E-state index contributed by atoms with van der Waals surface area (Å²) in [7, 11) is 1.56. The molecule has 0 bridgehead atoms. The molecule has 0 spiro atoms. The van der Waals surface area contributed by atoms with Crippen LogP contribution in [-0.4, -0.2) is 60.9 Å². The van der Waals surface area contributed by atoms with Crippen molar-refractivity contribution in [3.63, 3.8) is 0 Å². The first-order valence-corrected chi connectivity index (χ1v) is 13.7. The van der Waals surface area contributed by atoms with Crippen molar-refractivity contribution in [1.82, 2.24) is 24.8 Å². The Hall–Kier alpha value is -4.26. The summed E-state index contributed by atoms with van der Waals surface area (Å²) < 4.78 is 1.84. The van der Waals surface area contributed by atoms with Gasteiger partial charge in [0.2, 0.25) is 11.7 Å². The maximum atomic E-state index is 12.4. The van der Waals surface area contributed by atoms with Crippen molar-refractivity contribution in [2.45, 2.75) is 43.1 Å². The third-order valence-electron chi connectivity index (χ3n) is 8.58. The van der Waals surface area contributed by atoms with E-state index in [4.69, 9.17) is 9.97 Å². The van der Waals surface area contributed by atoms with E-state index in [0.717, 1.165) is 18.4 Å². The number of nitrogens with one attached hydrogen (secondary N) is 2. The van der Waals surface area contributed by atoms with Crippen LogP contribution < -0.4 is 10.6 Å². The molecule has 3 aliphatic carbocycles. The number of imidazole rings is 1. The molecule has 9 nitrogen and oxygen atoms in total. The molecule has 0 saturated heterocycles. The molecule has 3 aliphatic rings. The number of rotatable bonds is 5. The van der Waals surface area contributed by atoms with Gasteiger partial charge in [-0.3, -0.25) is 4.79 Å². The summed E-state index contributed by atoms with van der Waals surface area (Å²) in [5.41, 5.74) is 3.28. The van der Waals surface area contributed by atoms with Crippen molar-refractivity contribution in [1.29, 1.82) is 0 Å². The number of aliphatic hydroxyl groups is 2. The first-order chi connectivity index (χ1) is 19.5. The Morgan fingerprint density at radius 2 is 1.70 bits per heavy atom. The van der Waals surface area contributed by atoms with Gasteiger partial charge < -0.3 is 25.4 Å². The Kier molecular flexibility index (Phi) is 6.02. The standard InChI is InChI=1S/C31H30N6O3/c1-32-31(40)24-20-14-21(20)26(28(39)27(24)38)37-16-33-25-29(34-22-15-19(22)18-10-6-3-7-11-18)35-23(36-30(25)37)13-12-17-8-4-2-5-9-17/h2-11,16,19-22,24,26-28,38-39H,14-15H2,1H3,(H,32,40)(H,34,35,36)/t19?,20-,21?,22?,24+,26-,27-,28+/m1/s1. The molecule has 1 amide bonds. The minimum atomic E-state index is -1.18.